The van der Waals surface area contributed by atoms with E-state index in [0.717, 1.165) is 22.4 Å². The summed E-state index contributed by atoms with van der Waals surface area (Å²) < 4.78 is 5.45. The number of carbonyl (C=O) groups is 1. The number of hydrogen-bond donors (Lipinski definition) is 2. The SMILES string of the molecule is COc1ccc(N(C)c2nc(C)nc3ccccc23)cc1C(C)(C)C(=O)NO. The molecule has 0 spiro atoms. The minimum atomic E-state index is -0.999. The molecule has 0 aliphatic rings. The van der Waals surface area contributed by atoms with Crippen LogP contribution < -0.4 is 15.1 Å². The molecule has 2 aromatic carbocycles. The first-order valence-corrected chi connectivity index (χ1v) is 8.89. The zero-order valence-electron chi connectivity index (χ0n) is 16.6. The van der Waals surface area contributed by atoms with E-state index in [1.807, 2.05) is 61.3 Å². The maximum atomic E-state index is 12.2. The van der Waals surface area contributed by atoms with Gasteiger partial charge in [0, 0.05) is 23.7 Å². The number of aryl methyl sites for hydroxylation is 1. The molecule has 0 bridgehead atoms. The normalized spacial score (nSPS) is 11.4. The van der Waals surface area contributed by atoms with Gasteiger partial charge < -0.3 is 9.64 Å². The summed E-state index contributed by atoms with van der Waals surface area (Å²) in [6, 6.07) is 13.4. The summed E-state index contributed by atoms with van der Waals surface area (Å²) in [5.74, 6) is 1.49. The first kappa shape index (κ1) is 19.6. The lowest BCUT2D eigenvalue weighted by atomic mass is 9.83. The monoisotopic (exact) mass is 380 g/mol. The topological polar surface area (TPSA) is 87.6 Å². The molecule has 0 aliphatic carbocycles. The molecule has 7 nitrogen and oxygen atoms in total. The van der Waals surface area contributed by atoms with Gasteiger partial charge in [0.2, 0.25) is 0 Å². The Bertz CT molecular complexity index is 1030. The van der Waals surface area contributed by atoms with Crippen molar-refractivity contribution in [3.8, 4) is 5.75 Å². The zero-order valence-corrected chi connectivity index (χ0v) is 16.6. The molecule has 0 saturated carbocycles. The fourth-order valence-corrected chi connectivity index (χ4v) is 3.21. The van der Waals surface area contributed by atoms with Crippen molar-refractivity contribution in [2.24, 2.45) is 0 Å². The van der Waals surface area contributed by atoms with Crippen molar-refractivity contribution in [3.63, 3.8) is 0 Å². The first-order chi connectivity index (χ1) is 13.3. The minimum Gasteiger partial charge on any atom is -0.496 e. The molecule has 1 heterocycles. The average Bonchev–Trinajstić information content (AvgIpc) is 2.71. The summed E-state index contributed by atoms with van der Waals surface area (Å²) in [5, 5.41) is 10.1. The van der Waals surface area contributed by atoms with Crippen LogP contribution in [0.3, 0.4) is 0 Å². The minimum absolute atomic E-state index is 0.520. The second-order valence-electron chi connectivity index (χ2n) is 7.12. The standard InChI is InChI=1S/C21H24N4O3/c1-13-22-17-9-7-6-8-15(17)19(23-13)25(4)14-10-11-18(28-5)16(12-14)21(2,3)20(26)24-27/h6-12,27H,1-5H3,(H,24,26). The molecule has 3 rings (SSSR count). The summed E-state index contributed by atoms with van der Waals surface area (Å²) in [6.07, 6.45) is 0. The van der Waals surface area contributed by atoms with Gasteiger partial charge in [0.1, 0.15) is 17.4 Å². The van der Waals surface area contributed by atoms with Crippen LogP contribution in [0.4, 0.5) is 11.5 Å². The summed E-state index contributed by atoms with van der Waals surface area (Å²) in [4.78, 5) is 23.3. The third-order valence-electron chi connectivity index (χ3n) is 4.93. The van der Waals surface area contributed by atoms with Gasteiger partial charge in [0.05, 0.1) is 18.0 Å². The van der Waals surface area contributed by atoms with Crippen molar-refractivity contribution in [3.05, 3.63) is 53.9 Å². The van der Waals surface area contributed by atoms with Crippen molar-refractivity contribution in [1.82, 2.24) is 15.4 Å². The van der Waals surface area contributed by atoms with E-state index in [4.69, 9.17) is 9.94 Å². The summed E-state index contributed by atoms with van der Waals surface area (Å²) in [7, 11) is 3.47. The van der Waals surface area contributed by atoms with Gasteiger partial charge in [0.15, 0.2) is 0 Å². The Hall–Kier alpha value is -3.19. The molecule has 0 atom stereocenters. The molecule has 0 unspecified atom stereocenters. The lowest BCUT2D eigenvalue weighted by molar-refractivity contribution is -0.134. The predicted molar refractivity (Wildman–Crippen MR) is 108 cm³/mol. The Labute approximate surface area is 163 Å². The van der Waals surface area contributed by atoms with E-state index in [1.165, 1.54) is 0 Å². The fraction of sp³-hybridized carbons (Fsp3) is 0.286. The van der Waals surface area contributed by atoms with E-state index in [-0.39, 0.29) is 0 Å². The van der Waals surface area contributed by atoms with Gasteiger partial charge in [-0.25, -0.2) is 15.4 Å². The van der Waals surface area contributed by atoms with Crippen molar-refractivity contribution < 1.29 is 14.7 Å². The number of hydrogen-bond acceptors (Lipinski definition) is 6. The number of carbonyl (C=O) groups excluding carboxylic acids is 1. The van der Waals surface area contributed by atoms with Crippen molar-refractivity contribution in [2.45, 2.75) is 26.2 Å². The molecular formula is C21H24N4O3. The highest BCUT2D eigenvalue weighted by Gasteiger charge is 2.33. The molecule has 7 heteroatoms. The fourth-order valence-electron chi connectivity index (χ4n) is 3.21. The van der Waals surface area contributed by atoms with Crippen LogP contribution in [0.25, 0.3) is 10.9 Å². The van der Waals surface area contributed by atoms with E-state index in [0.29, 0.717) is 17.1 Å². The third kappa shape index (κ3) is 3.36. The number of fused-ring (bicyclic) bond motifs is 1. The Kier molecular flexibility index (Phi) is 5.20. The maximum absolute atomic E-state index is 12.2. The van der Waals surface area contributed by atoms with Crippen molar-refractivity contribution in [2.75, 3.05) is 19.1 Å². The second-order valence-corrected chi connectivity index (χ2v) is 7.12. The van der Waals surface area contributed by atoms with Crippen LogP contribution in [-0.2, 0) is 10.2 Å². The summed E-state index contributed by atoms with van der Waals surface area (Å²) >= 11 is 0. The number of ether oxygens (including phenoxy) is 1. The number of methoxy groups -OCH3 is 1. The number of nitrogens with one attached hydrogen (secondary N) is 1. The van der Waals surface area contributed by atoms with Crippen LogP contribution in [0.15, 0.2) is 42.5 Å². The number of amides is 1. The molecular weight excluding hydrogens is 356 g/mol. The molecule has 28 heavy (non-hydrogen) atoms. The molecule has 1 amide bonds. The van der Waals surface area contributed by atoms with Gasteiger partial charge in [-0.05, 0) is 51.1 Å². The molecule has 146 valence electrons. The quantitative estimate of drug-likeness (QED) is 0.520. The van der Waals surface area contributed by atoms with E-state index in [2.05, 4.69) is 9.97 Å². The Morgan fingerprint density at radius 3 is 2.57 bits per heavy atom. The Morgan fingerprint density at radius 2 is 1.89 bits per heavy atom. The predicted octanol–water partition coefficient (Wildman–Crippen LogP) is 3.50. The summed E-state index contributed by atoms with van der Waals surface area (Å²) in [6.45, 7) is 5.31. The van der Waals surface area contributed by atoms with Crippen LogP contribution >= 0.6 is 0 Å². The highest BCUT2D eigenvalue weighted by atomic mass is 16.5. The van der Waals surface area contributed by atoms with Crippen LogP contribution in [0.2, 0.25) is 0 Å². The van der Waals surface area contributed by atoms with Gasteiger partial charge in [-0.15, -0.1) is 0 Å². The average molecular weight is 380 g/mol. The number of aromatic nitrogens is 2. The number of para-hydroxylation sites is 1. The van der Waals surface area contributed by atoms with Crippen molar-refractivity contribution >= 4 is 28.3 Å². The van der Waals surface area contributed by atoms with Gasteiger partial charge in [-0.2, -0.15) is 0 Å². The number of hydroxylamine groups is 1. The second kappa shape index (κ2) is 7.44. The highest BCUT2D eigenvalue weighted by Crippen LogP contribution is 2.37. The highest BCUT2D eigenvalue weighted by molar-refractivity contribution is 5.92. The molecule has 0 radical (unpaired) electrons. The van der Waals surface area contributed by atoms with Gasteiger partial charge in [0.25, 0.3) is 5.91 Å². The molecule has 0 aliphatic heterocycles. The smallest absolute Gasteiger partial charge is 0.253 e. The lowest BCUT2D eigenvalue weighted by Gasteiger charge is -2.27. The zero-order chi connectivity index (χ0) is 20.5. The molecule has 1 aromatic heterocycles. The van der Waals surface area contributed by atoms with Crippen LogP contribution in [0.1, 0.15) is 25.2 Å². The molecule has 2 N–H and O–H groups in total. The lowest BCUT2D eigenvalue weighted by Crippen LogP contribution is -2.38. The molecule has 0 saturated heterocycles. The maximum Gasteiger partial charge on any atom is 0.253 e. The van der Waals surface area contributed by atoms with Crippen molar-refractivity contribution in [1.29, 1.82) is 0 Å². The molecule has 0 fully saturated rings. The van der Waals surface area contributed by atoms with Gasteiger partial charge >= 0.3 is 0 Å². The van der Waals surface area contributed by atoms with Gasteiger partial charge in [-0.1, -0.05) is 12.1 Å². The third-order valence-corrected chi connectivity index (χ3v) is 4.93. The molecule has 3 aromatic rings. The number of nitrogens with zero attached hydrogens (tertiary/aromatic N) is 3. The summed E-state index contributed by atoms with van der Waals surface area (Å²) in [5.41, 5.74) is 3.09. The first-order valence-electron chi connectivity index (χ1n) is 8.89. The van der Waals surface area contributed by atoms with Gasteiger partial charge in [-0.3, -0.25) is 10.0 Å². The Balaban J connectivity index is 2.15. The number of anilines is 2. The Morgan fingerprint density at radius 1 is 1.18 bits per heavy atom. The van der Waals surface area contributed by atoms with E-state index in [1.54, 1.807) is 26.4 Å². The number of rotatable bonds is 5. The number of benzene rings is 2. The van der Waals surface area contributed by atoms with E-state index < -0.39 is 11.3 Å². The van der Waals surface area contributed by atoms with Crippen LogP contribution in [-0.4, -0.2) is 35.2 Å². The largest absolute Gasteiger partial charge is 0.496 e. The van der Waals surface area contributed by atoms with E-state index in [9.17, 15) is 4.79 Å². The van der Waals surface area contributed by atoms with Crippen LogP contribution in [0, 0.1) is 6.92 Å². The van der Waals surface area contributed by atoms with E-state index >= 15 is 0 Å². The van der Waals surface area contributed by atoms with Crippen LogP contribution in [0.5, 0.6) is 5.75 Å².